The van der Waals surface area contributed by atoms with Gasteiger partial charge in [-0.15, -0.1) is 11.3 Å². The van der Waals surface area contributed by atoms with Crippen molar-refractivity contribution in [1.82, 2.24) is 5.32 Å². The van der Waals surface area contributed by atoms with E-state index >= 15 is 0 Å². The van der Waals surface area contributed by atoms with Crippen LogP contribution < -0.4 is 10.1 Å². The van der Waals surface area contributed by atoms with Crippen LogP contribution in [0.4, 0.5) is 0 Å². The molecule has 0 saturated carbocycles. The molecule has 1 N–H and O–H groups in total. The van der Waals surface area contributed by atoms with Crippen molar-refractivity contribution in [3.8, 4) is 5.75 Å². The van der Waals surface area contributed by atoms with Gasteiger partial charge in [0.1, 0.15) is 5.75 Å². The van der Waals surface area contributed by atoms with Crippen molar-refractivity contribution in [1.29, 1.82) is 0 Å². The molecule has 2 aromatic rings. The van der Waals surface area contributed by atoms with Crippen LogP contribution in [0.2, 0.25) is 5.02 Å². The Kier molecular flexibility index (Phi) is 4.43. The molecule has 0 bridgehead atoms. The summed E-state index contributed by atoms with van der Waals surface area (Å²) in [5.41, 5.74) is 3.47. The highest BCUT2D eigenvalue weighted by Gasteiger charge is 2.25. The van der Waals surface area contributed by atoms with E-state index in [0.29, 0.717) is 0 Å². The van der Waals surface area contributed by atoms with Crippen LogP contribution in [0.25, 0.3) is 0 Å². The van der Waals surface area contributed by atoms with E-state index in [4.69, 9.17) is 16.3 Å². The van der Waals surface area contributed by atoms with Crippen molar-refractivity contribution in [2.24, 2.45) is 0 Å². The fourth-order valence-corrected chi connectivity index (χ4v) is 5.69. The highest BCUT2D eigenvalue weighted by molar-refractivity contribution is 9.12. The number of ether oxygens (including phenoxy) is 1. The van der Waals surface area contributed by atoms with E-state index in [1.165, 1.54) is 11.1 Å². The maximum absolute atomic E-state index is 6.26. The molecule has 6 heteroatoms. The zero-order valence-corrected chi connectivity index (χ0v) is 15.4. The maximum atomic E-state index is 6.26. The Morgan fingerprint density at radius 3 is 2.75 bits per heavy atom. The summed E-state index contributed by atoms with van der Waals surface area (Å²) in [6.45, 7) is 0.730. The minimum Gasteiger partial charge on any atom is -0.493 e. The molecule has 2 heterocycles. The number of benzene rings is 1. The van der Waals surface area contributed by atoms with Crippen LogP contribution >= 0.6 is 54.8 Å². The first-order valence-electron chi connectivity index (χ1n) is 6.17. The Hall–Kier alpha value is -0.0700. The van der Waals surface area contributed by atoms with Gasteiger partial charge in [-0.1, -0.05) is 11.6 Å². The number of nitrogens with one attached hydrogen (secondary N) is 1. The Morgan fingerprint density at radius 1 is 1.30 bits per heavy atom. The van der Waals surface area contributed by atoms with E-state index in [-0.39, 0.29) is 6.04 Å². The number of rotatable bonds is 3. The van der Waals surface area contributed by atoms with Crippen LogP contribution in [-0.2, 0) is 6.42 Å². The minimum atomic E-state index is 0.0532. The molecule has 1 aromatic carbocycles. The average Bonchev–Trinajstić information content (AvgIpc) is 2.97. The van der Waals surface area contributed by atoms with Crippen LogP contribution in [0.15, 0.2) is 25.8 Å². The summed E-state index contributed by atoms with van der Waals surface area (Å²) < 4.78 is 8.02. The van der Waals surface area contributed by atoms with Gasteiger partial charge in [0.15, 0.2) is 0 Å². The third-order valence-corrected chi connectivity index (χ3v) is 5.97. The number of hydrogen-bond donors (Lipinski definition) is 1. The largest absolute Gasteiger partial charge is 0.493 e. The van der Waals surface area contributed by atoms with E-state index in [1.54, 1.807) is 11.3 Å². The molecule has 3 rings (SSSR count). The average molecular weight is 438 g/mol. The van der Waals surface area contributed by atoms with Gasteiger partial charge in [-0.2, -0.15) is 0 Å². The third kappa shape index (κ3) is 2.66. The second-order valence-corrected chi connectivity index (χ2v) is 8.77. The summed E-state index contributed by atoms with van der Waals surface area (Å²) in [7, 11) is 1.95. The molecule has 1 atom stereocenters. The monoisotopic (exact) mass is 435 g/mol. The molecule has 1 unspecified atom stereocenters. The number of halogens is 3. The fraction of sp³-hybridized carbons (Fsp3) is 0.286. The lowest BCUT2D eigenvalue weighted by Crippen LogP contribution is -2.18. The van der Waals surface area contributed by atoms with Gasteiger partial charge in [-0.3, -0.25) is 0 Å². The fourth-order valence-electron chi connectivity index (χ4n) is 2.54. The van der Waals surface area contributed by atoms with Gasteiger partial charge in [0.2, 0.25) is 0 Å². The Morgan fingerprint density at radius 2 is 2.10 bits per heavy atom. The Balaban J connectivity index is 2.13. The molecule has 2 nitrogen and oxygen atoms in total. The van der Waals surface area contributed by atoms with Crippen molar-refractivity contribution in [3.05, 3.63) is 47.5 Å². The summed E-state index contributed by atoms with van der Waals surface area (Å²) in [4.78, 5) is 0. The normalized spacial score (nSPS) is 15.0. The van der Waals surface area contributed by atoms with E-state index in [0.717, 1.165) is 36.9 Å². The first-order valence-corrected chi connectivity index (χ1v) is 8.95. The van der Waals surface area contributed by atoms with Gasteiger partial charge in [0.05, 0.1) is 20.2 Å². The topological polar surface area (TPSA) is 21.3 Å². The molecule has 0 spiro atoms. The number of hydrogen-bond acceptors (Lipinski definition) is 3. The standard InChI is InChI=1S/C14H12Br2ClNOS/c1-18-12(10-6-11(15)20-14(10)16)9-5-8(17)4-7-2-3-19-13(7)9/h4-6,12,18H,2-3H2,1H3. The van der Waals surface area contributed by atoms with Crippen molar-refractivity contribution in [3.63, 3.8) is 0 Å². The lowest BCUT2D eigenvalue weighted by molar-refractivity contribution is 0.351. The predicted octanol–water partition coefficient (Wildman–Crippen LogP) is 5.17. The summed E-state index contributed by atoms with van der Waals surface area (Å²) in [5, 5.41) is 4.12. The second kappa shape index (κ2) is 5.97. The van der Waals surface area contributed by atoms with Gasteiger partial charge in [-0.05, 0) is 68.2 Å². The molecule has 0 aliphatic carbocycles. The van der Waals surface area contributed by atoms with E-state index < -0.39 is 0 Å². The van der Waals surface area contributed by atoms with E-state index in [9.17, 15) is 0 Å². The molecule has 0 amide bonds. The molecule has 1 aromatic heterocycles. The molecule has 20 heavy (non-hydrogen) atoms. The second-order valence-electron chi connectivity index (χ2n) is 4.58. The summed E-state index contributed by atoms with van der Waals surface area (Å²) in [6, 6.07) is 6.17. The van der Waals surface area contributed by atoms with Crippen molar-refractivity contribution >= 4 is 54.8 Å². The zero-order chi connectivity index (χ0) is 14.3. The predicted molar refractivity (Wildman–Crippen MR) is 91.3 cm³/mol. The molecule has 0 saturated heterocycles. The van der Waals surface area contributed by atoms with Crippen LogP contribution in [-0.4, -0.2) is 13.7 Å². The summed E-state index contributed by atoms with van der Waals surface area (Å²) in [5.74, 6) is 0.975. The van der Waals surface area contributed by atoms with Crippen molar-refractivity contribution in [2.75, 3.05) is 13.7 Å². The Bertz CT molecular complexity index is 659. The molecule has 106 valence electrons. The Labute approximate surface area is 143 Å². The van der Waals surface area contributed by atoms with Gasteiger partial charge in [0, 0.05) is 17.0 Å². The van der Waals surface area contributed by atoms with Crippen LogP contribution in [0.3, 0.4) is 0 Å². The third-order valence-electron chi connectivity index (χ3n) is 3.37. The highest BCUT2D eigenvalue weighted by Crippen LogP contribution is 2.43. The van der Waals surface area contributed by atoms with Crippen LogP contribution in [0.1, 0.15) is 22.7 Å². The molecule has 1 aliphatic rings. The van der Waals surface area contributed by atoms with Gasteiger partial charge < -0.3 is 10.1 Å². The first-order chi connectivity index (χ1) is 9.60. The SMILES string of the molecule is CNC(c1cc(Br)sc1Br)c1cc(Cl)cc2c1OCC2. The lowest BCUT2D eigenvalue weighted by atomic mass is 9.98. The molecule has 0 fully saturated rings. The first kappa shape index (κ1) is 14.9. The smallest absolute Gasteiger partial charge is 0.127 e. The molecular formula is C14H12Br2ClNOS. The van der Waals surface area contributed by atoms with Crippen LogP contribution in [0, 0.1) is 0 Å². The van der Waals surface area contributed by atoms with E-state index in [1.807, 2.05) is 19.2 Å². The molecular weight excluding hydrogens is 425 g/mol. The minimum absolute atomic E-state index is 0.0532. The molecule has 0 radical (unpaired) electrons. The maximum Gasteiger partial charge on any atom is 0.127 e. The highest BCUT2D eigenvalue weighted by atomic mass is 79.9. The van der Waals surface area contributed by atoms with Gasteiger partial charge in [-0.25, -0.2) is 0 Å². The van der Waals surface area contributed by atoms with Gasteiger partial charge in [0.25, 0.3) is 0 Å². The summed E-state index contributed by atoms with van der Waals surface area (Å²) in [6.07, 6.45) is 0.924. The zero-order valence-electron chi connectivity index (χ0n) is 10.7. The number of thiophene rings is 1. The quantitative estimate of drug-likeness (QED) is 0.715. The van der Waals surface area contributed by atoms with Crippen molar-refractivity contribution in [2.45, 2.75) is 12.5 Å². The molecule has 1 aliphatic heterocycles. The lowest BCUT2D eigenvalue weighted by Gasteiger charge is -2.19. The van der Waals surface area contributed by atoms with Crippen molar-refractivity contribution < 1.29 is 4.74 Å². The van der Waals surface area contributed by atoms with E-state index in [2.05, 4.69) is 43.2 Å². The number of fused-ring (bicyclic) bond motifs is 1. The van der Waals surface area contributed by atoms with Gasteiger partial charge >= 0.3 is 0 Å². The summed E-state index contributed by atoms with van der Waals surface area (Å²) >= 11 is 15.1. The van der Waals surface area contributed by atoms with Crippen LogP contribution in [0.5, 0.6) is 5.75 Å².